The van der Waals surface area contributed by atoms with Crippen LogP contribution in [0.3, 0.4) is 0 Å². The van der Waals surface area contributed by atoms with Crippen LogP contribution in [-0.2, 0) is 7.05 Å². The molecule has 1 heterocycles. The summed E-state index contributed by atoms with van der Waals surface area (Å²) in [5.74, 6) is -0.0561. The van der Waals surface area contributed by atoms with E-state index in [1.54, 1.807) is 18.5 Å². The molecule has 1 aromatic heterocycles. The number of anilines is 1. The number of amides is 1. The quantitative estimate of drug-likeness (QED) is 0.486. The van der Waals surface area contributed by atoms with Crippen LogP contribution < -0.4 is 11.1 Å². The zero-order chi connectivity index (χ0) is 15.6. The lowest BCUT2D eigenvalue weighted by atomic mass is 10.1. The number of para-hydroxylation sites is 1. The van der Waals surface area contributed by atoms with Gasteiger partial charge in [0.1, 0.15) is 17.6 Å². The number of benzene rings is 1. The molecule has 0 aliphatic rings. The van der Waals surface area contributed by atoms with Crippen molar-refractivity contribution in [2.24, 2.45) is 7.05 Å². The smallest absolute Gasteiger partial charge is 0.304 e. The van der Waals surface area contributed by atoms with Gasteiger partial charge in [0.2, 0.25) is 0 Å². The van der Waals surface area contributed by atoms with Gasteiger partial charge in [0.25, 0.3) is 5.91 Å². The molecular weight excluding hydrogens is 276 g/mol. The summed E-state index contributed by atoms with van der Waals surface area (Å²) in [7, 11) is 1.74. The van der Waals surface area contributed by atoms with Gasteiger partial charge in [0, 0.05) is 7.05 Å². The number of carbonyl (C=O) groups excluding carboxylic acids is 1. The Labute approximate surface area is 119 Å². The fraction of sp³-hybridized carbons (Fsp3) is 0.250. The molecule has 2 rings (SSSR count). The van der Waals surface area contributed by atoms with E-state index in [1.807, 2.05) is 0 Å². The first kappa shape index (κ1) is 14.4. The van der Waals surface area contributed by atoms with Crippen LogP contribution in [0.4, 0.5) is 11.4 Å². The molecule has 1 amide bonds. The molecule has 3 N–H and O–H groups in total. The fourth-order valence-electron chi connectivity index (χ4n) is 1.97. The minimum absolute atomic E-state index is 0.0565. The fourth-order valence-corrected chi connectivity index (χ4v) is 1.97. The maximum Gasteiger partial charge on any atom is 0.304 e. The Morgan fingerprint density at radius 3 is 2.81 bits per heavy atom. The lowest BCUT2D eigenvalue weighted by Crippen LogP contribution is -2.29. The van der Waals surface area contributed by atoms with Crippen LogP contribution in [0, 0.1) is 10.1 Å². The SMILES string of the molecule is CC(NC(=O)c1cccc(N)c1[N+](=O)[O-])c1nncn1C. The minimum atomic E-state index is -0.669. The molecule has 0 saturated carbocycles. The van der Waals surface area contributed by atoms with Crippen LogP contribution in [0.15, 0.2) is 24.5 Å². The third-order valence-corrected chi connectivity index (χ3v) is 2.98. The Hall–Kier alpha value is -2.97. The molecule has 0 radical (unpaired) electrons. The van der Waals surface area contributed by atoms with E-state index in [4.69, 9.17) is 5.73 Å². The number of nitro benzene ring substituents is 1. The third-order valence-electron chi connectivity index (χ3n) is 2.98. The average Bonchev–Trinajstić information content (AvgIpc) is 2.84. The standard InChI is InChI=1S/C12H14N6O3/c1-7(11-16-14-6-17(11)2)15-12(19)8-4-3-5-9(13)10(8)18(20)21/h3-7H,13H2,1-2H3,(H,15,19). The lowest BCUT2D eigenvalue weighted by Gasteiger charge is -2.13. The molecule has 9 heteroatoms. The van der Waals surface area contributed by atoms with Crippen molar-refractivity contribution >= 4 is 17.3 Å². The van der Waals surface area contributed by atoms with Gasteiger partial charge in [-0.2, -0.15) is 0 Å². The summed E-state index contributed by atoms with van der Waals surface area (Å²) in [6.45, 7) is 1.71. The second-order valence-corrected chi connectivity index (χ2v) is 4.50. The number of carbonyl (C=O) groups is 1. The van der Waals surface area contributed by atoms with Crippen molar-refractivity contribution in [3.05, 3.63) is 46.0 Å². The number of aryl methyl sites for hydroxylation is 1. The molecule has 9 nitrogen and oxygen atoms in total. The number of nitrogen functional groups attached to an aromatic ring is 1. The molecule has 110 valence electrons. The van der Waals surface area contributed by atoms with Gasteiger partial charge in [0.15, 0.2) is 5.82 Å². The van der Waals surface area contributed by atoms with E-state index in [2.05, 4.69) is 15.5 Å². The van der Waals surface area contributed by atoms with E-state index in [-0.39, 0.29) is 11.3 Å². The molecule has 21 heavy (non-hydrogen) atoms. The Bertz CT molecular complexity index is 696. The number of aromatic nitrogens is 3. The van der Waals surface area contributed by atoms with Crippen molar-refractivity contribution in [1.29, 1.82) is 0 Å². The monoisotopic (exact) mass is 290 g/mol. The highest BCUT2D eigenvalue weighted by Crippen LogP contribution is 2.26. The minimum Gasteiger partial charge on any atom is -0.393 e. The van der Waals surface area contributed by atoms with Gasteiger partial charge in [-0.05, 0) is 19.1 Å². The zero-order valence-corrected chi connectivity index (χ0v) is 11.5. The Morgan fingerprint density at radius 2 is 2.24 bits per heavy atom. The number of nitrogens with zero attached hydrogens (tertiary/aromatic N) is 4. The molecular formula is C12H14N6O3. The van der Waals surface area contributed by atoms with Gasteiger partial charge in [-0.25, -0.2) is 0 Å². The summed E-state index contributed by atoms with van der Waals surface area (Å²) in [6.07, 6.45) is 1.50. The van der Waals surface area contributed by atoms with Gasteiger partial charge < -0.3 is 15.6 Å². The normalized spacial score (nSPS) is 11.9. The molecule has 1 unspecified atom stereocenters. The first-order valence-electron chi connectivity index (χ1n) is 6.09. The van der Waals surface area contributed by atoms with Crippen molar-refractivity contribution in [1.82, 2.24) is 20.1 Å². The zero-order valence-electron chi connectivity index (χ0n) is 11.5. The lowest BCUT2D eigenvalue weighted by molar-refractivity contribution is -0.384. The van der Waals surface area contributed by atoms with E-state index in [1.165, 1.54) is 24.5 Å². The first-order chi connectivity index (χ1) is 9.91. The van der Waals surface area contributed by atoms with Crippen molar-refractivity contribution < 1.29 is 9.72 Å². The number of hydrogen-bond acceptors (Lipinski definition) is 6. The van der Waals surface area contributed by atoms with Crippen LogP contribution in [0.5, 0.6) is 0 Å². The van der Waals surface area contributed by atoms with Gasteiger partial charge >= 0.3 is 5.69 Å². The van der Waals surface area contributed by atoms with Crippen molar-refractivity contribution in [3.63, 3.8) is 0 Å². The molecule has 0 bridgehead atoms. The number of nitrogens with one attached hydrogen (secondary N) is 1. The highest BCUT2D eigenvalue weighted by Gasteiger charge is 2.25. The van der Waals surface area contributed by atoms with E-state index < -0.39 is 22.6 Å². The Kier molecular flexibility index (Phi) is 3.83. The molecule has 1 aromatic carbocycles. The molecule has 2 aromatic rings. The van der Waals surface area contributed by atoms with Crippen LogP contribution in [0.2, 0.25) is 0 Å². The van der Waals surface area contributed by atoms with Crippen LogP contribution in [0.1, 0.15) is 29.1 Å². The van der Waals surface area contributed by atoms with Crippen LogP contribution in [0.25, 0.3) is 0 Å². The molecule has 0 fully saturated rings. The third kappa shape index (κ3) is 2.81. The maximum absolute atomic E-state index is 12.2. The summed E-state index contributed by atoms with van der Waals surface area (Å²) in [5, 5.41) is 21.3. The largest absolute Gasteiger partial charge is 0.393 e. The van der Waals surface area contributed by atoms with Crippen LogP contribution >= 0.6 is 0 Å². The number of nitro groups is 1. The highest BCUT2D eigenvalue weighted by atomic mass is 16.6. The summed E-state index contributed by atoms with van der Waals surface area (Å²) in [4.78, 5) is 22.6. The highest BCUT2D eigenvalue weighted by molar-refractivity contribution is 6.00. The number of hydrogen-bond donors (Lipinski definition) is 2. The van der Waals surface area contributed by atoms with Crippen molar-refractivity contribution in [2.75, 3.05) is 5.73 Å². The second-order valence-electron chi connectivity index (χ2n) is 4.50. The topological polar surface area (TPSA) is 129 Å². The van der Waals surface area contributed by atoms with Crippen molar-refractivity contribution in [2.45, 2.75) is 13.0 Å². The predicted octanol–water partition coefficient (Wildman–Crippen LogP) is 0.796. The Morgan fingerprint density at radius 1 is 1.52 bits per heavy atom. The van der Waals surface area contributed by atoms with E-state index >= 15 is 0 Å². The average molecular weight is 290 g/mol. The summed E-state index contributed by atoms with van der Waals surface area (Å²) in [5.41, 5.74) is 5.01. The van der Waals surface area contributed by atoms with Gasteiger partial charge in [-0.3, -0.25) is 14.9 Å². The number of nitrogens with two attached hydrogens (primary N) is 1. The number of rotatable bonds is 4. The van der Waals surface area contributed by atoms with E-state index in [0.29, 0.717) is 5.82 Å². The predicted molar refractivity (Wildman–Crippen MR) is 74.4 cm³/mol. The van der Waals surface area contributed by atoms with E-state index in [9.17, 15) is 14.9 Å². The van der Waals surface area contributed by atoms with Crippen LogP contribution in [-0.4, -0.2) is 25.6 Å². The molecule has 0 spiro atoms. The summed E-state index contributed by atoms with van der Waals surface area (Å²) in [6, 6.07) is 3.77. The molecule has 0 aliphatic carbocycles. The second kappa shape index (κ2) is 5.57. The van der Waals surface area contributed by atoms with Gasteiger partial charge in [-0.15, -0.1) is 10.2 Å². The Balaban J connectivity index is 2.28. The summed E-state index contributed by atoms with van der Waals surface area (Å²) >= 11 is 0. The molecule has 0 saturated heterocycles. The van der Waals surface area contributed by atoms with Gasteiger partial charge in [0.05, 0.1) is 11.0 Å². The van der Waals surface area contributed by atoms with Gasteiger partial charge in [-0.1, -0.05) is 6.07 Å². The first-order valence-corrected chi connectivity index (χ1v) is 6.09. The van der Waals surface area contributed by atoms with E-state index in [0.717, 1.165) is 0 Å². The summed E-state index contributed by atoms with van der Waals surface area (Å²) < 4.78 is 1.65. The maximum atomic E-state index is 12.2. The van der Waals surface area contributed by atoms with Crippen molar-refractivity contribution in [3.8, 4) is 0 Å². The molecule has 1 atom stereocenters. The molecule has 0 aliphatic heterocycles.